The van der Waals surface area contributed by atoms with Crippen molar-refractivity contribution in [3.63, 3.8) is 0 Å². The van der Waals surface area contributed by atoms with Crippen LogP contribution in [0.3, 0.4) is 0 Å². The first-order valence-corrected chi connectivity index (χ1v) is 44.1. The zero-order valence-electron chi connectivity index (χ0n) is 165. The van der Waals surface area contributed by atoms with Gasteiger partial charge in [-0.1, -0.05) is 465 Å². The Morgan fingerprint density at radius 3 is 0.633 bits per heavy atom. The number of hydrogen-bond donors (Lipinski definition) is 0. The summed E-state index contributed by atoms with van der Waals surface area (Å²) in [4.78, 5) is 0. The highest BCUT2D eigenvalue weighted by Crippen LogP contribution is 2.53. The molecule has 0 fully saturated rings. The summed E-state index contributed by atoms with van der Waals surface area (Å²) in [7, 11) is 0. The van der Waals surface area contributed by atoms with Gasteiger partial charge in [0.1, 0.15) is 44.7 Å². The van der Waals surface area contributed by atoms with Crippen LogP contribution in [-0.4, -0.2) is 0 Å². The van der Waals surface area contributed by atoms with Crippen molar-refractivity contribution in [2.45, 2.75) is 0 Å². The third-order valence-corrected chi connectivity index (χ3v) is 24.4. The van der Waals surface area contributed by atoms with E-state index < -0.39 is 829 Å². The van der Waals surface area contributed by atoms with Gasteiger partial charge in [0.15, 0.2) is 0 Å². The fourth-order valence-electron chi connectivity index (χ4n) is 18.2. The molecule has 698 valence electrons. The third-order valence-electron chi connectivity index (χ3n) is 24.4. The second-order valence-corrected chi connectivity index (χ2v) is 32.3. The lowest BCUT2D eigenvalue weighted by Gasteiger charge is -2.19. The van der Waals surface area contributed by atoms with Gasteiger partial charge in [-0.2, -0.15) is 0 Å². The maximum atomic E-state index is 9.68. The van der Waals surface area contributed by atoms with E-state index in [4.69, 9.17) is 110 Å². The van der Waals surface area contributed by atoms with Gasteiger partial charge in [0.2, 0.25) is 0 Å². The zero-order valence-corrected chi connectivity index (χ0v) is 74.6. The normalized spacial score (nSPS) is 20.1. The summed E-state index contributed by atoms with van der Waals surface area (Å²) in [6.45, 7) is 0. The van der Waals surface area contributed by atoms with Gasteiger partial charge in [-0.25, -0.2) is 0 Å². The van der Waals surface area contributed by atoms with Crippen LogP contribution in [0.4, 0.5) is 0 Å². The van der Waals surface area contributed by atoms with E-state index in [1.54, 1.807) is 0 Å². The van der Waals surface area contributed by atoms with Crippen molar-refractivity contribution >= 4 is 206 Å². The van der Waals surface area contributed by atoms with Gasteiger partial charge in [-0.15, -0.1) is 0 Å². The Morgan fingerprint density at radius 2 is 0.307 bits per heavy atom. The number of fused-ring (bicyclic) bond motifs is 23. The molecule has 0 amide bonds. The maximum absolute atomic E-state index is 9.68. The highest BCUT2D eigenvalue weighted by atomic mass is 16.3. The van der Waals surface area contributed by atoms with Crippen LogP contribution in [0.1, 0.15) is 123 Å². The minimum Gasteiger partial charge on any atom is -0.456 e. The average Bonchev–Trinajstić information content (AvgIpc) is 0.753. The van der Waals surface area contributed by atoms with Crippen molar-refractivity contribution in [1.82, 2.24) is 0 Å². The fraction of sp³-hybridized carbons (Fsp3) is 0. The van der Waals surface area contributed by atoms with Crippen molar-refractivity contribution < 1.29 is 141 Å². The SMILES string of the molecule is [2H]c1c([2H])c([2H])c(-c2c([2H])c([2H])c(-c3c4c([2H])c([2H])c([2H])c([2H])c4c(-c4c([2H])c([2H])c5oc6c([2H])c([2H])c([2H])c([2H])c6c5c4[2H])c4c([2H])c([2H])c([2H])c([2H])c34)c3c([2H])c([2H])c([2H])c([2H])c23)c([2H])c1[2H].[2H]c1c([2H])c([2H])c(-c2c3c([2H])c([2H])c([2H])c([2H])c3c(-c3c([2H])c([2H])c4oc5c([2H])c([2H])c([2H])c([2H])c5c4c3[2H])c3c([2H])c([2H])c([2H])c([2H])c23)c([2H])c1[2H].[2H]c1c([2H])c([2H])c2c(oc3c([2H])c([2H])c(-c4c5c([2H])c([2H])c([2H])c([2H])c5c(-c5c([2H])c([2H])c([2H])c6c([2H])c([2H])c([2H])c([2H])c56)c5c([2H])c([2H])c([2H])c([2H])c45)c([2H])c32)c1[2H].[2H]c1c([2H])c([2H])c2c(oc3c([2H])c([2H])c(-c4c5c([2H])c([2H])c([2H])c([2H])c5c(-c5c([2H])c([2H])c6c([2H])c([2H])c([2H])c([2H])c6c5[2H])c5c([2H])c([2H])c([2H])c([2H])c45)c([2H])c32)c1[2H]. The van der Waals surface area contributed by atoms with Gasteiger partial charge in [-0.05, 0) is 297 Å². The number of hydrogen-bond acceptors (Lipinski definition) is 4. The van der Waals surface area contributed by atoms with Gasteiger partial charge < -0.3 is 17.7 Å². The molecular formula is C146H90O4. The average molecular weight is 2000 g/mol. The summed E-state index contributed by atoms with van der Waals surface area (Å²) in [6, 6.07) is -76.9. The molecule has 4 aromatic heterocycles. The summed E-state index contributed by atoms with van der Waals surface area (Å²) < 4.78 is 817. The van der Waals surface area contributed by atoms with E-state index in [0.29, 0.717) is 0 Å². The molecule has 0 atom stereocenters. The van der Waals surface area contributed by atoms with Crippen molar-refractivity contribution in [2.24, 2.45) is 0 Å². The lowest BCUT2D eigenvalue weighted by Crippen LogP contribution is -1.92. The molecule has 4 nitrogen and oxygen atoms in total. The van der Waals surface area contributed by atoms with Crippen LogP contribution >= 0.6 is 0 Å². The molecule has 0 aliphatic rings. The maximum Gasteiger partial charge on any atom is 0.135 e. The molecule has 0 saturated carbocycles. The summed E-state index contributed by atoms with van der Waals surface area (Å²) in [6.07, 6.45) is 0. The molecule has 32 aromatic rings. The molecule has 0 radical (unpaired) electrons. The van der Waals surface area contributed by atoms with E-state index >= 15 is 0 Å². The Labute approximate surface area is 990 Å². The lowest BCUT2D eigenvalue weighted by molar-refractivity contribution is 0.668. The van der Waals surface area contributed by atoms with Crippen LogP contribution < -0.4 is 0 Å². The molecule has 0 unspecified atom stereocenters. The molecule has 4 heterocycles. The van der Waals surface area contributed by atoms with Gasteiger partial charge in [-0.3, -0.25) is 0 Å². The minimum atomic E-state index is -1.07. The quantitative estimate of drug-likeness (QED) is 0.135. The van der Waals surface area contributed by atoms with E-state index in [9.17, 15) is 31.5 Å². The van der Waals surface area contributed by atoms with Gasteiger partial charge >= 0.3 is 0 Å². The van der Waals surface area contributed by atoms with Crippen LogP contribution in [0.25, 0.3) is 306 Å². The second kappa shape index (κ2) is 36.2. The van der Waals surface area contributed by atoms with E-state index in [1.165, 1.54) is 0 Å². The molecule has 4 heteroatoms. The molecule has 0 N–H and O–H groups in total. The molecule has 0 bridgehead atoms. The first-order chi connectivity index (χ1) is 112. The van der Waals surface area contributed by atoms with E-state index in [0.717, 1.165) is 0 Å². The Hall–Kier alpha value is -19.8. The predicted molar refractivity (Wildman–Crippen MR) is 636 cm³/mol. The summed E-state index contributed by atoms with van der Waals surface area (Å²) in [5.74, 6) is 0. The van der Waals surface area contributed by atoms with Gasteiger partial charge in [0, 0.05) is 43.1 Å². The highest BCUT2D eigenvalue weighted by molar-refractivity contribution is 6.29. The van der Waals surface area contributed by atoms with Crippen molar-refractivity contribution in [3.05, 3.63) is 544 Å². The van der Waals surface area contributed by atoms with E-state index in [2.05, 4.69) is 0 Å². The number of furan rings is 4. The predicted octanol–water partition coefficient (Wildman–Crippen LogP) is 42.0. The second-order valence-electron chi connectivity index (χ2n) is 32.3. The molecule has 0 aliphatic carbocycles. The Morgan fingerprint density at radius 1 is 0.100 bits per heavy atom. The van der Waals surface area contributed by atoms with E-state index in [-0.39, 0.29) is 21.5 Å². The molecule has 0 aliphatic heterocycles. The third kappa shape index (κ3) is 14.6. The lowest BCUT2D eigenvalue weighted by atomic mass is 9.83. The summed E-state index contributed by atoms with van der Waals surface area (Å²) >= 11 is 0. The molecule has 150 heavy (non-hydrogen) atoms. The molecule has 28 aromatic carbocycles. The first kappa shape index (κ1) is 35.3. The molecular weight excluding hydrogens is 1820 g/mol. The van der Waals surface area contributed by atoms with Crippen LogP contribution in [-0.2, 0) is 0 Å². The summed E-state index contributed by atoms with van der Waals surface area (Å²) in [5.41, 5.74) is -16.0. The molecule has 0 saturated heterocycles. The Balaban J connectivity index is 0.000000134. The Kier molecular flexibility index (Phi) is 8.52. The van der Waals surface area contributed by atoms with Gasteiger partial charge in [0.25, 0.3) is 0 Å². The first-order valence-electron chi connectivity index (χ1n) is 89.1. The summed E-state index contributed by atoms with van der Waals surface area (Å²) in [5, 5.41) is -17.2. The van der Waals surface area contributed by atoms with Crippen molar-refractivity contribution in [3.8, 4) is 100 Å². The molecule has 0 spiro atoms. The highest BCUT2D eigenvalue weighted by Gasteiger charge is 2.27. The Bertz CT molecular complexity index is 16700. The standard InChI is InChI=1S/C42H26O.2C36H22O.C32H20O/c1-2-12-27(13-3-1)29-23-24-37(31-15-5-4-14-30(29)31)42-35-19-8-6-17-33(35)41(34-18-7-9-20-36(34)42)28-22-25-40-38(26-28)32-16-10-11-21-39(32)43-40;1-2-12-25-23(10-1)11-9-18-27(25)36-30-16-5-3-14-28(30)35(29-15-4-6-17-31(29)36)24-20-21-34-32(22-24)26-13-7-8-19-33(26)37-34;1-2-10-24-21-25(18-17-23(24)9-1)35-28-12-3-5-14-30(28)36(31-15-6-4-13-29(31)35)26-19-20-34-32(22-26)27-11-7-8-16-33(27)37-34;1-2-10-21(11-3-1)31-24-13-4-6-15-26(24)32(27-16-7-5-14-25(27)31)22-18-19-30-28(20-22)23-12-8-9-17-29(23)33-30/h1-26H;2*1-22H;1-20H/i1D,2D,3D,4D,5D,6D,7D,8D,9D,10D,11D,12D,13D,14D,15D,16D,17D,18D,19D,20D,21D,22D,23D,24D,25D,26D;2*1D,2D,3D,4D,5D,6D,7D,8D,9D,10D,11D,12D,13D,14D,15D,16D,17D,18D,19D,20D,21D,22D;1D,2D,3D,4D,5D,6D,7D,8D,9D,10D,11D,12D,13D,14D,15D,16D,17D,18D,19D,20D. The monoisotopic (exact) mass is 2000 g/mol. The fourth-order valence-corrected chi connectivity index (χ4v) is 18.2. The largest absolute Gasteiger partial charge is 0.456 e. The smallest absolute Gasteiger partial charge is 0.135 e. The van der Waals surface area contributed by atoms with E-state index in [1.807, 2.05) is 0 Å². The number of para-hydroxylation sites is 4. The molecule has 32 rings (SSSR count). The zero-order chi connectivity index (χ0) is 177. The van der Waals surface area contributed by atoms with Crippen LogP contribution in [0, 0.1) is 0 Å². The van der Waals surface area contributed by atoms with Crippen LogP contribution in [0.2, 0.25) is 0 Å². The van der Waals surface area contributed by atoms with Crippen LogP contribution in [0.5, 0.6) is 0 Å². The van der Waals surface area contributed by atoms with Crippen LogP contribution in [0.15, 0.2) is 561 Å². The van der Waals surface area contributed by atoms with Gasteiger partial charge in [0.05, 0.1) is 123 Å². The number of benzene rings is 28. The topological polar surface area (TPSA) is 52.6 Å². The number of rotatable bonds is 9. The van der Waals surface area contributed by atoms with Crippen molar-refractivity contribution in [2.75, 3.05) is 0 Å². The minimum absolute atomic E-state index is 0.348. The van der Waals surface area contributed by atoms with Crippen molar-refractivity contribution in [1.29, 1.82) is 0 Å².